The molecule has 0 aromatic carbocycles. The normalized spacial score (nSPS) is 14.2. The van der Waals surface area contributed by atoms with Crippen LogP contribution < -0.4 is 0 Å². The van der Waals surface area contributed by atoms with Crippen LogP contribution in [0.1, 0.15) is 20.8 Å². The molecule has 0 heterocycles. The van der Waals surface area contributed by atoms with Gasteiger partial charge < -0.3 is 0 Å². The molecule has 0 bridgehead atoms. The second-order valence-corrected chi connectivity index (χ2v) is 17.0. The van der Waals surface area contributed by atoms with Gasteiger partial charge in [-0.2, -0.15) is 0 Å². The number of hydrogen-bond donors (Lipinski definition) is 1. The summed E-state index contributed by atoms with van der Waals surface area (Å²) >= 11 is -2.52. The molecule has 8 heavy (non-hydrogen) atoms. The van der Waals surface area contributed by atoms with Crippen LogP contribution in [0.3, 0.4) is 0 Å². The van der Waals surface area contributed by atoms with Crippen molar-refractivity contribution in [2.45, 2.75) is 34.1 Å². The van der Waals surface area contributed by atoms with Crippen LogP contribution in [0.4, 0.5) is 0 Å². The van der Waals surface area contributed by atoms with Gasteiger partial charge in [-0.25, -0.2) is 0 Å². The summed E-state index contributed by atoms with van der Waals surface area (Å²) in [6.45, 7) is 6.34. The molecule has 0 aromatic rings. The molecule has 0 aliphatic carbocycles. The van der Waals surface area contributed by atoms with Gasteiger partial charge in [0.25, 0.3) is 0 Å². The zero-order chi connectivity index (χ0) is 7.00. The zero-order valence-corrected chi connectivity index (χ0v) is 9.30. The molecule has 0 amide bonds. The fourth-order valence-electron chi connectivity index (χ4n) is 0. The van der Waals surface area contributed by atoms with E-state index in [4.69, 9.17) is 0 Å². The van der Waals surface area contributed by atoms with Gasteiger partial charge in [0.15, 0.2) is 0 Å². The Hall–Kier alpha value is 0.759. The van der Waals surface area contributed by atoms with E-state index in [1.54, 1.807) is 0 Å². The van der Waals surface area contributed by atoms with E-state index in [9.17, 15) is 3.44 Å². The maximum absolute atomic E-state index is 9.56. The molecule has 1 nitrogen and oxygen atoms in total. The van der Waals surface area contributed by atoms with Crippen LogP contribution >= 0.6 is 0 Å². The molecule has 0 aromatic heterocycles. The van der Waals surface area contributed by atoms with Crippen molar-refractivity contribution in [3.63, 3.8) is 0 Å². The average molecular weight is 223 g/mol. The van der Waals surface area contributed by atoms with E-state index in [-0.39, 0.29) is 3.43 Å². The van der Waals surface area contributed by atoms with Crippen molar-refractivity contribution in [3.05, 3.63) is 0 Å². The van der Waals surface area contributed by atoms with Crippen molar-refractivity contribution < 1.29 is 3.44 Å². The van der Waals surface area contributed by atoms with Gasteiger partial charge in [0.05, 0.1) is 0 Å². The fraction of sp³-hybridized carbons (Fsp3) is 1.00. The third kappa shape index (κ3) is 2.35. The van der Waals surface area contributed by atoms with Crippen LogP contribution in [0.15, 0.2) is 0 Å². The molecule has 0 spiro atoms. The van der Waals surface area contributed by atoms with Gasteiger partial charge in [0.2, 0.25) is 0 Å². The van der Waals surface area contributed by atoms with E-state index >= 15 is 0 Å². The predicted molar refractivity (Wildman–Crippen MR) is 39.4 cm³/mol. The van der Waals surface area contributed by atoms with Crippen molar-refractivity contribution in [2.24, 2.45) is 0 Å². The summed E-state index contributed by atoms with van der Waals surface area (Å²) in [4.78, 5) is 4.07. The molecule has 0 radical (unpaired) electrons. The SMILES string of the molecule is C[C](C)(C)[Sn]([CH3])([CH3])[OH]. The Morgan fingerprint density at radius 3 is 1.25 bits per heavy atom. The van der Waals surface area contributed by atoms with Crippen LogP contribution in [-0.4, -0.2) is 22.2 Å². The molecule has 0 aliphatic rings. The third-order valence-corrected chi connectivity index (χ3v) is 12.3. The van der Waals surface area contributed by atoms with Crippen molar-refractivity contribution in [2.75, 3.05) is 0 Å². The van der Waals surface area contributed by atoms with Crippen molar-refractivity contribution in [1.82, 2.24) is 0 Å². The van der Waals surface area contributed by atoms with Gasteiger partial charge in [0.1, 0.15) is 0 Å². The van der Waals surface area contributed by atoms with Crippen molar-refractivity contribution in [3.8, 4) is 0 Å². The molecule has 50 valence electrons. The quantitative estimate of drug-likeness (QED) is 0.622. The summed E-state index contributed by atoms with van der Waals surface area (Å²) in [5.41, 5.74) is 0. The Balaban J connectivity index is 4.02. The van der Waals surface area contributed by atoms with E-state index in [0.29, 0.717) is 0 Å². The Bertz CT molecular complexity index is 63.5. The van der Waals surface area contributed by atoms with E-state index in [0.717, 1.165) is 0 Å². The van der Waals surface area contributed by atoms with E-state index < -0.39 is 18.8 Å². The van der Waals surface area contributed by atoms with Crippen LogP contribution in [0.2, 0.25) is 13.3 Å². The molecule has 0 aliphatic heterocycles. The molecule has 0 saturated heterocycles. The van der Waals surface area contributed by atoms with Gasteiger partial charge in [-0.1, -0.05) is 0 Å². The summed E-state index contributed by atoms with van der Waals surface area (Å²) in [6, 6.07) is 0. The van der Waals surface area contributed by atoms with Gasteiger partial charge in [-0.15, -0.1) is 0 Å². The molecule has 0 atom stereocenters. The molecule has 0 rings (SSSR count). The average Bonchev–Trinajstić information content (AvgIpc) is 1.25. The molecule has 2 heteroatoms. The first-order valence-electron chi connectivity index (χ1n) is 2.97. The second kappa shape index (κ2) is 2.18. The molecular formula is C6H16OSn. The van der Waals surface area contributed by atoms with Crippen molar-refractivity contribution >= 4 is 18.8 Å². The Morgan fingerprint density at radius 1 is 1.12 bits per heavy atom. The first-order valence-corrected chi connectivity index (χ1v) is 11.4. The second-order valence-electron chi connectivity index (χ2n) is 3.81. The van der Waals surface area contributed by atoms with Crippen LogP contribution in [0, 0.1) is 0 Å². The Morgan fingerprint density at radius 2 is 1.25 bits per heavy atom. The van der Waals surface area contributed by atoms with Crippen LogP contribution in [-0.2, 0) is 0 Å². The third-order valence-electron chi connectivity index (χ3n) is 1.84. The summed E-state index contributed by atoms with van der Waals surface area (Å²) < 4.78 is 9.77. The summed E-state index contributed by atoms with van der Waals surface area (Å²) in [5, 5.41) is 0. The van der Waals surface area contributed by atoms with Crippen LogP contribution in [0.5, 0.6) is 0 Å². The molecular weight excluding hydrogens is 207 g/mol. The Labute approximate surface area is 56.5 Å². The monoisotopic (exact) mass is 224 g/mol. The Kier molecular flexibility index (Phi) is 2.38. The number of rotatable bonds is 0. The zero-order valence-electron chi connectivity index (χ0n) is 6.45. The summed E-state index contributed by atoms with van der Waals surface area (Å²) in [7, 11) is 0. The van der Waals surface area contributed by atoms with Gasteiger partial charge in [0, 0.05) is 0 Å². The van der Waals surface area contributed by atoms with Gasteiger partial charge >= 0.3 is 56.3 Å². The molecule has 0 saturated carbocycles. The fourth-order valence-corrected chi connectivity index (χ4v) is 0. The van der Waals surface area contributed by atoms with E-state index in [2.05, 4.69) is 20.8 Å². The molecule has 1 N–H and O–H groups in total. The minimum absolute atomic E-state index is 0.203. The molecule has 0 unspecified atom stereocenters. The number of hydrogen-bond acceptors (Lipinski definition) is 1. The summed E-state index contributed by atoms with van der Waals surface area (Å²) in [5.74, 6) is 0. The van der Waals surface area contributed by atoms with E-state index in [1.165, 1.54) is 0 Å². The van der Waals surface area contributed by atoms with Gasteiger partial charge in [-0.05, 0) is 0 Å². The first-order chi connectivity index (χ1) is 3.25. The summed E-state index contributed by atoms with van der Waals surface area (Å²) in [6.07, 6.45) is 0. The molecule has 0 fully saturated rings. The first kappa shape index (κ1) is 8.76. The van der Waals surface area contributed by atoms with Crippen LogP contribution in [0.25, 0.3) is 0 Å². The minimum atomic E-state index is -2.52. The van der Waals surface area contributed by atoms with Gasteiger partial charge in [-0.3, -0.25) is 0 Å². The topological polar surface area (TPSA) is 20.2 Å². The maximum atomic E-state index is 9.56. The van der Waals surface area contributed by atoms with E-state index in [1.807, 2.05) is 9.88 Å². The van der Waals surface area contributed by atoms with Crippen molar-refractivity contribution in [1.29, 1.82) is 0 Å². The standard InChI is InChI=1S/C4H9.2CH3.H2O.Sn/c1-4(2)3;;;;/h1-3H3;2*1H3;1H2;/q;;;;+1/p-1. The predicted octanol–water partition coefficient (Wildman–Crippen LogP) is 1.98.